The highest BCUT2D eigenvalue weighted by Crippen LogP contribution is 2.35. The van der Waals surface area contributed by atoms with E-state index in [1.165, 1.54) is 37.3 Å². The minimum atomic E-state index is 0.615. The second-order valence-corrected chi connectivity index (χ2v) is 5.66. The Kier molecular flexibility index (Phi) is 4.14. The largest absolute Gasteiger partial charge is 0.383 e. The van der Waals surface area contributed by atoms with Crippen molar-refractivity contribution in [1.82, 2.24) is 5.32 Å². The molecule has 0 aromatic heterocycles. The number of methoxy groups -OCH3 is 1. The van der Waals surface area contributed by atoms with Crippen molar-refractivity contribution in [2.45, 2.75) is 25.3 Å². The van der Waals surface area contributed by atoms with Crippen LogP contribution in [0.3, 0.4) is 0 Å². The van der Waals surface area contributed by atoms with Crippen LogP contribution in [0.25, 0.3) is 0 Å². The number of hydrogen-bond donors (Lipinski definition) is 1. The molecule has 0 radical (unpaired) electrons. The van der Waals surface area contributed by atoms with Gasteiger partial charge >= 0.3 is 0 Å². The molecule has 0 saturated carbocycles. The fraction of sp³-hybridized carbons (Fsp3) is 1.00. The fourth-order valence-electron chi connectivity index (χ4n) is 2.72. The van der Waals surface area contributed by atoms with E-state index >= 15 is 0 Å². The number of ether oxygens (including phenoxy) is 1. The second kappa shape index (κ2) is 5.38. The predicted octanol–water partition coefficient (Wildman–Crippen LogP) is 1.75. The zero-order valence-electron chi connectivity index (χ0n) is 9.00. The summed E-state index contributed by atoms with van der Waals surface area (Å²) in [7, 11) is 1.80. The van der Waals surface area contributed by atoms with Gasteiger partial charge in [0.1, 0.15) is 0 Å². The third kappa shape index (κ3) is 2.65. The molecule has 1 N–H and O–H groups in total. The van der Waals surface area contributed by atoms with Crippen LogP contribution in [0, 0.1) is 11.8 Å². The zero-order valence-corrected chi connectivity index (χ0v) is 9.81. The Morgan fingerprint density at radius 2 is 2.29 bits per heavy atom. The molecule has 0 aliphatic carbocycles. The van der Waals surface area contributed by atoms with E-state index < -0.39 is 0 Å². The second-order valence-electron chi connectivity index (χ2n) is 4.51. The summed E-state index contributed by atoms with van der Waals surface area (Å²) in [4.78, 5) is 0. The van der Waals surface area contributed by atoms with Crippen molar-refractivity contribution in [1.29, 1.82) is 0 Å². The van der Waals surface area contributed by atoms with Gasteiger partial charge in [0.2, 0.25) is 0 Å². The lowest BCUT2D eigenvalue weighted by molar-refractivity contribution is 0.127. The highest BCUT2D eigenvalue weighted by molar-refractivity contribution is 7.99. The summed E-state index contributed by atoms with van der Waals surface area (Å²) in [6.45, 7) is 2.08. The summed E-state index contributed by atoms with van der Waals surface area (Å²) >= 11 is 2.14. The highest BCUT2D eigenvalue weighted by atomic mass is 32.2. The summed E-state index contributed by atoms with van der Waals surface area (Å²) in [6, 6.07) is 0.615. The molecule has 0 amide bonds. The Labute approximate surface area is 91.2 Å². The van der Waals surface area contributed by atoms with Crippen molar-refractivity contribution in [2.24, 2.45) is 11.8 Å². The van der Waals surface area contributed by atoms with E-state index in [2.05, 4.69) is 17.1 Å². The van der Waals surface area contributed by atoms with Gasteiger partial charge in [-0.3, -0.25) is 0 Å². The first-order valence-corrected chi connectivity index (χ1v) is 6.85. The van der Waals surface area contributed by atoms with Crippen LogP contribution < -0.4 is 5.32 Å². The molecule has 2 aliphatic heterocycles. The van der Waals surface area contributed by atoms with Gasteiger partial charge in [0.25, 0.3) is 0 Å². The molecule has 0 bridgehead atoms. The number of thioether (sulfide) groups is 1. The van der Waals surface area contributed by atoms with E-state index in [4.69, 9.17) is 4.74 Å². The van der Waals surface area contributed by atoms with Gasteiger partial charge in [-0.2, -0.15) is 11.8 Å². The minimum absolute atomic E-state index is 0.615. The van der Waals surface area contributed by atoms with Crippen LogP contribution >= 0.6 is 11.8 Å². The van der Waals surface area contributed by atoms with Crippen molar-refractivity contribution in [3.05, 3.63) is 0 Å². The zero-order chi connectivity index (χ0) is 9.80. The molecular formula is C11H21NOS. The van der Waals surface area contributed by atoms with Crippen molar-refractivity contribution in [3.63, 3.8) is 0 Å². The molecule has 2 nitrogen and oxygen atoms in total. The van der Waals surface area contributed by atoms with Gasteiger partial charge in [-0.1, -0.05) is 0 Å². The lowest BCUT2D eigenvalue weighted by atomic mass is 9.82. The molecule has 0 aromatic rings. The minimum Gasteiger partial charge on any atom is -0.383 e. The van der Waals surface area contributed by atoms with Gasteiger partial charge in [-0.15, -0.1) is 0 Å². The Hall–Kier alpha value is 0.270. The first kappa shape index (κ1) is 10.8. The lowest BCUT2D eigenvalue weighted by Gasteiger charge is -2.33. The summed E-state index contributed by atoms with van der Waals surface area (Å²) < 4.78 is 5.22. The number of hydrogen-bond acceptors (Lipinski definition) is 3. The standard InChI is InChI=1S/C11H21NOS/c1-13-7-11-6-9(2-4-12-11)10-3-5-14-8-10/h9-12H,2-8H2,1H3. The van der Waals surface area contributed by atoms with E-state index in [9.17, 15) is 0 Å². The maximum atomic E-state index is 5.22. The Balaban J connectivity index is 1.80. The predicted molar refractivity (Wildman–Crippen MR) is 61.8 cm³/mol. The first-order valence-electron chi connectivity index (χ1n) is 5.70. The van der Waals surface area contributed by atoms with E-state index in [0.29, 0.717) is 6.04 Å². The molecule has 2 saturated heterocycles. The third-order valence-electron chi connectivity index (χ3n) is 3.53. The summed E-state index contributed by atoms with van der Waals surface area (Å²) in [6.07, 6.45) is 4.17. The van der Waals surface area contributed by atoms with Gasteiger partial charge in [0.05, 0.1) is 6.61 Å². The average molecular weight is 215 g/mol. The number of piperidine rings is 1. The van der Waals surface area contributed by atoms with Crippen molar-refractivity contribution in [2.75, 3.05) is 31.8 Å². The van der Waals surface area contributed by atoms with Crippen LogP contribution in [0.2, 0.25) is 0 Å². The lowest BCUT2D eigenvalue weighted by Crippen LogP contribution is -2.42. The van der Waals surface area contributed by atoms with Crippen molar-refractivity contribution >= 4 is 11.8 Å². The normalized spacial score (nSPS) is 38.8. The molecule has 2 rings (SSSR count). The smallest absolute Gasteiger partial charge is 0.0615 e. The molecule has 3 heteroatoms. The summed E-state index contributed by atoms with van der Waals surface area (Å²) in [5.41, 5.74) is 0. The molecule has 2 aliphatic rings. The van der Waals surface area contributed by atoms with Crippen LogP contribution in [-0.2, 0) is 4.74 Å². The molecule has 0 aromatic carbocycles. The van der Waals surface area contributed by atoms with Crippen molar-refractivity contribution < 1.29 is 4.74 Å². The number of rotatable bonds is 3. The molecule has 2 fully saturated rings. The molecule has 3 atom stereocenters. The fourth-order valence-corrected chi connectivity index (χ4v) is 4.10. The highest BCUT2D eigenvalue weighted by Gasteiger charge is 2.29. The number of nitrogens with one attached hydrogen (secondary N) is 1. The van der Waals surface area contributed by atoms with Crippen LogP contribution in [0.4, 0.5) is 0 Å². The van der Waals surface area contributed by atoms with Gasteiger partial charge in [-0.25, -0.2) is 0 Å². The van der Waals surface area contributed by atoms with E-state index in [0.717, 1.165) is 18.4 Å². The summed E-state index contributed by atoms with van der Waals surface area (Å²) in [5.74, 6) is 4.77. The summed E-state index contributed by atoms with van der Waals surface area (Å²) in [5, 5.41) is 3.54. The van der Waals surface area contributed by atoms with E-state index in [1.54, 1.807) is 7.11 Å². The quantitative estimate of drug-likeness (QED) is 0.775. The van der Waals surface area contributed by atoms with Crippen molar-refractivity contribution in [3.8, 4) is 0 Å². The van der Waals surface area contributed by atoms with Gasteiger partial charge in [0, 0.05) is 13.2 Å². The van der Waals surface area contributed by atoms with E-state index in [1.807, 2.05) is 0 Å². The maximum Gasteiger partial charge on any atom is 0.0615 e. The first-order chi connectivity index (χ1) is 6.90. The van der Waals surface area contributed by atoms with Gasteiger partial charge in [-0.05, 0) is 49.1 Å². The average Bonchev–Trinajstić information content (AvgIpc) is 2.71. The van der Waals surface area contributed by atoms with Crippen LogP contribution in [0.15, 0.2) is 0 Å². The molecule has 0 spiro atoms. The van der Waals surface area contributed by atoms with Crippen LogP contribution in [0.1, 0.15) is 19.3 Å². The maximum absolute atomic E-state index is 5.22. The monoisotopic (exact) mass is 215 g/mol. The van der Waals surface area contributed by atoms with Crippen LogP contribution in [0.5, 0.6) is 0 Å². The van der Waals surface area contributed by atoms with E-state index in [-0.39, 0.29) is 0 Å². The third-order valence-corrected chi connectivity index (χ3v) is 4.72. The Bertz CT molecular complexity index is 169. The molecule has 82 valence electrons. The van der Waals surface area contributed by atoms with Gasteiger partial charge in [0.15, 0.2) is 0 Å². The Morgan fingerprint density at radius 3 is 3.00 bits per heavy atom. The van der Waals surface area contributed by atoms with Gasteiger partial charge < -0.3 is 10.1 Å². The molecular weight excluding hydrogens is 194 g/mol. The topological polar surface area (TPSA) is 21.3 Å². The van der Waals surface area contributed by atoms with Crippen LogP contribution in [-0.4, -0.2) is 37.8 Å². The SMILES string of the molecule is COCC1CC(C2CCSC2)CCN1. The molecule has 2 heterocycles. The molecule has 14 heavy (non-hydrogen) atoms. The Morgan fingerprint density at radius 1 is 1.36 bits per heavy atom. The molecule has 3 unspecified atom stereocenters.